The van der Waals surface area contributed by atoms with E-state index >= 15 is 0 Å². The van der Waals surface area contributed by atoms with E-state index in [1.165, 1.54) is 19.9 Å². The van der Waals surface area contributed by atoms with Gasteiger partial charge in [-0.3, -0.25) is 9.36 Å². The Bertz CT molecular complexity index is 876. The van der Waals surface area contributed by atoms with Crippen molar-refractivity contribution in [3.05, 3.63) is 88.8 Å². The highest BCUT2D eigenvalue weighted by molar-refractivity contribution is 5.62. The summed E-state index contributed by atoms with van der Waals surface area (Å²) >= 11 is 0. The lowest BCUT2D eigenvalue weighted by Gasteiger charge is -2.16. The number of hydrogen-bond acceptors (Lipinski definition) is 1. The number of hydrogen-bond donors (Lipinski definition) is 0. The fourth-order valence-corrected chi connectivity index (χ4v) is 2.52. The van der Waals surface area contributed by atoms with E-state index in [1.807, 2.05) is 36.4 Å². The molecule has 0 amide bonds. The zero-order valence-corrected chi connectivity index (χ0v) is 13.2. The number of benzene rings is 2. The molecule has 2 nitrogen and oxygen atoms in total. The highest BCUT2D eigenvalue weighted by atomic mass is 19.1. The summed E-state index contributed by atoms with van der Waals surface area (Å²) in [6.07, 6.45) is 1.79. The fraction of sp³-hybridized carbons (Fsp3) is 0.150. The van der Waals surface area contributed by atoms with Gasteiger partial charge in [0.25, 0.3) is 5.56 Å². The van der Waals surface area contributed by atoms with Crippen molar-refractivity contribution in [2.45, 2.75) is 19.5 Å². The quantitative estimate of drug-likeness (QED) is 0.687. The molecule has 0 aliphatic rings. The Kier molecular flexibility index (Phi) is 3.87. The van der Waals surface area contributed by atoms with Crippen molar-refractivity contribution >= 4 is 0 Å². The first-order valence-corrected chi connectivity index (χ1v) is 7.53. The summed E-state index contributed by atoms with van der Waals surface area (Å²) in [5, 5.41) is 0. The van der Waals surface area contributed by atoms with Crippen LogP contribution >= 0.6 is 0 Å². The number of halogens is 1. The Hall–Kier alpha value is -2.68. The third kappa shape index (κ3) is 3.24. The van der Waals surface area contributed by atoms with Gasteiger partial charge in [-0.25, -0.2) is 4.39 Å². The SMILES string of the molecule is CC(C)(F)c1cccc(-n2cc(-c3ccccc3)ccc2=O)c1. The normalized spacial score (nSPS) is 11.4. The molecule has 0 radical (unpaired) electrons. The van der Waals surface area contributed by atoms with Gasteiger partial charge in [0.1, 0.15) is 5.67 Å². The summed E-state index contributed by atoms with van der Waals surface area (Å²) in [4.78, 5) is 12.2. The Morgan fingerprint density at radius 2 is 1.61 bits per heavy atom. The van der Waals surface area contributed by atoms with Crippen molar-refractivity contribution in [1.82, 2.24) is 4.57 Å². The van der Waals surface area contributed by atoms with Gasteiger partial charge in [0.15, 0.2) is 0 Å². The van der Waals surface area contributed by atoms with Crippen molar-refractivity contribution in [3.63, 3.8) is 0 Å². The largest absolute Gasteiger partial charge is 0.284 e. The molecule has 1 aromatic heterocycles. The molecular formula is C20H18FNO. The molecule has 116 valence electrons. The molecule has 0 aliphatic carbocycles. The molecule has 2 aromatic carbocycles. The van der Waals surface area contributed by atoms with Crippen LogP contribution < -0.4 is 5.56 Å². The minimum Gasteiger partial charge on any atom is -0.284 e. The monoisotopic (exact) mass is 307 g/mol. The van der Waals surface area contributed by atoms with Gasteiger partial charge in [-0.2, -0.15) is 0 Å². The van der Waals surface area contributed by atoms with Gasteiger partial charge in [0.2, 0.25) is 0 Å². The molecule has 0 bridgehead atoms. The molecule has 0 aliphatic heterocycles. The molecule has 0 fully saturated rings. The van der Waals surface area contributed by atoms with Crippen LogP contribution in [-0.4, -0.2) is 4.57 Å². The number of aromatic nitrogens is 1. The van der Waals surface area contributed by atoms with Crippen LogP contribution in [0.1, 0.15) is 19.4 Å². The van der Waals surface area contributed by atoms with Gasteiger partial charge in [-0.1, -0.05) is 42.5 Å². The van der Waals surface area contributed by atoms with E-state index < -0.39 is 5.67 Å². The van der Waals surface area contributed by atoms with Crippen LogP contribution in [0.5, 0.6) is 0 Å². The van der Waals surface area contributed by atoms with Crippen molar-refractivity contribution in [2.24, 2.45) is 0 Å². The standard InChI is InChI=1S/C20H18FNO/c1-20(2,21)17-9-6-10-18(13-17)22-14-16(11-12-19(22)23)15-7-4-3-5-8-15/h3-14H,1-2H3. The molecule has 23 heavy (non-hydrogen) atoms. The second-order valence-corrected chi connectivity index (χ2v) is 6.01. The molecule has 0 unspecified atom stereocenters. The molecule has 3 heteroatoms. The van der Waals surface area contributed by atoms with Crippen LogP contribution in [0, 0.1) is 0 Å². The molecule has 3 rings (SSSR count). The summed E-state index contributed by atoms with van der Waals surface area (Å²) in [6.45, 7) is 3.02. The predicted molar refractivity (Wildman–Crippen MR) is 91.6 cm³/mol. The van der Waals surface area contributed by atoms with Crippen LogP contribution in [0.2, 0.25) is 0 Å². The molecule has 0 N–H and O–H groups in total. The highest BCUT2D eigenvalue weighted by Crippen LogP contribution is 2.26. The lowest BCUT2D eigenvalue weighted by atomic mass is 9.99. The molecule has 0 atom stereocenters. The smallest absolute Gasteiger partial charge is 0.255 e. The fourth-order valence-electron chi connectivity index (χ4n) is 2.52. The second-order valence-electron chi connectivity index (χ2n) is 6.01. The Labute approximate surface area is 134 Å². The minimum atomic E-state index is -1.45. The molecule has 3 aromatic rings. The lowest BCUT2D eigenvalue weighted by molar-refractivity contribution is 0.221. The molecule has 0 saturated carbocycles. The summed E-state index contributed by atoms with van der Waals surface area (Å²) in [7, 11) is 0. The number of nitrogens with zero attached hydrogens (tertiary/aromatic N) is 1. The van der Waals surface area contributed by atoms with E-state index in [2.05, 4.69) is 0 Å². The van der Waals surface area contributed by atoms with Gasteiger partial charge in [-0.15, -0.1) is 0 Å². The number of pyridine rings is 1. The lowest BCUT2D eigenvalue weighted by Crippen LogP contribution is -2.17. The maximum atomic E-state index is 14.2. The minimum absolute atomic E-state index is 0.140. The van der Waals surface area contributed by atoms with Gasteiger partial charge in [0, 0.05) is 18.0 Å². The van der Waals surface area contributed by atoms with E-state index in [-0.39, 0.29) is 5.56 Å². The molecule has 0 spiro atoms. The van der Waals surface area contributed by atoms with Crippen molar-refractivity contribution in [3.8, 4) is 16.8 Å². The summed E-state index contributed by atoms with van der Waals surface area (Å²) in [6, 6.07) is 20.2. The van der Waals surface area contributed by atoms with E-state index in [4.69, 9.17) is 0 Å². The third-order valence-electron chi connectivity index (χ3n) is 3.83. The van der Waals surface area contributed by atoms with Gasteiger partial charge in [-0.05, 0) is 48.7 Å². The molecule has 1 heterocycles. The molecular weight excluding hydrogens is 289 g/mol. The predicted octanol–water partition coefficient (Wildman–Crippen LogP) is 4.71. The zero-order valence-electron chi connectivity index (χ0n) is 13.2. The van der Waals surface area contributed by atoms with Gasteiger partial charge < -0.3 is 0 Å². The third-order valence-corrected chi connectivity index (χ3v) is 3.83. The second kappa shape index (κ2) is 5.84. The maximum absolute atomic E-state index is 14.2. The summed E-state index contributed by atoms with van der Waals surface area (Å²) in [5.74, 6) is 0. The first-order chi connectivity index (χ1) is 10.9. The van der Waals surface area contributed by atoms with Crippen molar-refractivity contribution in [2.75, 3.05) is 0 Å². The average Bonchev–Trinajstić information content (AvgIpc) is 2.55. The van der Waals surface area contributed by atoms with E-state index in [0.29, 0.717) is 11.3 Å². The number of rotatable bonds is 3. The topological polar surface area (TPSA) is 22.0 Å². The zero-order chi connectivity index (χ0) is 16.4. The van der Waals surface area contributed by atoms with Crippen molar-refractivity contribution < 1.29 is 4.39 Å². The average molecular weight is 307 g/mol. The van der Waals surface area contributed by atoms with Crippen LogP contribution in [-0.2, 0) is 5.67 Å². The Balaban J connectivity index is 2.12. The van der Waals surface area contributed by atoms with Gasteiger partial charge >= 0.3 is 0 Å². The van der Waals surface area contributed by atoms with Crippen LogP contribution in [0.3, 0.4) is 0 Å². The van der Waals surface area contributed by atoms with E-state index in [0.717, 1.165) is 11.1 Å². The maximum Gasteiger partial charge on any atom is 0.255 e. The summed E-state index contributed by atoms with van der Waals surface area (Å²) < 4.78 is 15.7. The first kappa shape index (κ1) is 15.2. The van der Waals surface area contributed by atoms with Crippen molar-refractivity contribution in [1.29, 1.82) is 0 Å². The molecule has 0 saturated heterocycles. The van der Waals surface area contributed by atoms with Crippen LogP contribution in [0.25, 0.3) is 16.8 Å². The van der Waals surface area contributed by atoms with Crippen LogP contribution in [0.4, 0.5) is 4.39 Å². The Morgan fingerprint density at radius 1 is 0.870 bits per heavy atom. The van der Waals surface area contributed by atoms with E-state index in [1.54, 1.807) is 35.0 Å². The first-order valence-electron chi connectivity index (χ1n) is 7.53. The highest BCUT2D eigenvalue weighted by Gasteiger charge is 2.19. The summed E-state index contributed by atoms with van der Waals surface area (Å²) in [5.41, 5.74) is 1.59. The van der Waals surface area contributed by atoms with Crippen LogP contribution in [0.15, 0.2) is 77.7 Å². The Morgan fingerprint density at radius 3 is 2.30 bits per heavy atom. The van der Waals surface area contributed by atoms with Gasteiger partial charge in [0.05, 0.1) is 0 Å². The number of alkyl halides is 1. The van der Waals surface area contributed by atoms with E-state index in [9.17, 15) is 9.18 Å².